The predicted octanol–water partition coefficient (Wildman–Crippen LogP) is 1.56. The van der Waals surface area contributed by atoms with E-state index in [2.05, 4.69) is 5.16 Å². The summed E-state index contributed by atoms with van der Waals surface area (Å²) in [5.41, 5.74) is 4.97. The second-order valence-corrected chi connectivity index (χ2v) is 4.69. The van der Waals surface area contributed by atoms with E-state index < -0.39 is 23.1 Å². The summed E-state index contributed by atoms with van der Waals surface area (Å²) < 4.78 is 27.1. The van der Waals surface area contributed by atoms with Crippen molar-refractivity contribution in [3.8, 4) is 0 Å². The van der Waals surface area contributed by atoms with E-state index in [0.29, 0.717) is 25.9 Å². The average molecular weight is 283 g/mol. The van der Waals surface area contributed by atoms with Crippen LogP contribution < -0.4 is 5.73 Å². The number of hydrogen-bond acceptors (Lipinski definition) is 3. The summed E-state index contributed by atoms with van der Waals surface area (Å²) in [4.78, 5) is 13.5. The number of hydrogen-bond donors (Lipinski definition) is 2. The lowest BCUT2D eigenvalue weighted by Gasteiger charge is -2.31. The second kappa shape index (κ2) is 5.85. The van der Waals surface area contributed by atoms with Crippen molar-refractivity contribution < 1.29 is 18.8 Å². The van der Waals surface area contributed by atoms with E-state index in [4.69, 9.17) is 10.9 Å². The normalized spacial score (nSPS) is 17.3. The number of nitrogens with two attached hydrogens (primary N) is 1. The molecule has 3 N–H and O–H groups in total. The third-order valence-corrected chi connectivity index (χ3v) is 3.49. The molecule has 1 heterocycles. The Morgan fingerprint density at radius 3 is 2.35 bits per heavy atom. The molecule has 0 radical (unpaired) electrons. The van der Waals surface area contributed by atoms with Crippen molar-refractivity contribution in [2.24, 2.45) is 16.8 Å². The number of carbonyl (C=O) groups is 1. The van der Waals surface area contributed by atoms with Gasteiger partial charge < -0.3 is 15.8 Å². The molecule has 0 atom stereocenters. The van der Waals surface area contributed by atoms with Crippen LogP contribution in [-0.4, -0.2) is 34.9 Å². The Hall–Kier alpha value is -2.18. The van der Waals surface area contributed by atoms with Gasteiger partial charge in [-0.25, -0.2) is 8.78 Å². The molecule has 0 saturated carbocycles. The number of carbonyl (C=O) groups excluding carboxylic acids is 1. The first kappa shape index (κ1) is 14.2. The minimum Gasteiger partial charge on any atom is -0.409 e. The lowest BCUT2D eigenvalue weighted by molar-refractivity contribution is 0.0699. The van der Waals surface area contributed by atoms with Crippen LogP contribution in [0.5, 0.6) is 0 Å². The molecule has 0 aromatic heterocycles. The van der Waals surface area contributed by atoms with Gasteiger partial charge in [0.25, 0.3) is 5.91 Å². The van der Waals surface area contributed by atoms with Crippen molar-refractivity contribution in [3.05, 3.63) is 35.4 Å². The van der Waals surface area contributed by atoms with Gasteiger partial charge in [-0.05, 0) is 25.0 Å². The molecule has 7 heteroatoms. The topological polar surface area (TPSA) is 78.9 Å². The van der Waals surface area contributed by atoms with Crippen LogP contribution in [0.2, 0.25) is 0 Å². The average Bonchev–Trinajstić information content (AvgIpc) is 2.46. The molecule has 5 nitrogen and oxygen atoms in total. The number of amidine groups is 1. The van der Waals surface area contributed by atoms with Crippen LogP contribution in [0.3, 0.4) is 0 Å². The first-order chi connectivity index (χ1) is 9.54. The number of nitrogens with zero attached hydrogens (tertiary/aromatic N) is 2. The standard InChI is InChI=1S/C13H15F2N3O2/c14-9-2-1-3-10(15)11(9)13(19)18-6-4-8(5-7-18)12(16)17-20/h1-3,8,20H,4-7H2,(H2,16,17). The molecule has 1 aromatic rings. The second-order valence-electron chi connectivity index (χ2n) is 4.69. The van der Waals surface area contributed by atoms with Gasteiger partial charge in [-0.15, -0.1) is 0 Å². The fourth-order valence-corrected chi connectivity index (χ4v) is 2.32. The van der Waals surface area contributed by atoms with E-state index in [-0.39, 0.29) is 11.8 Å². The Bertz CT molecular complexity index is 520. The number of oxime groups is 1. The van der Waals surface area contributed by atoms with Crippen LogP contribution in [0, 0.1) is 17.6 Å². The van der Waals surface area contributed by atoms with Crippen LogP contribution in [0.25, 0.3) is 0 Å². The Morgan fingerprint density at radius 2 is 1.85 bits per heavy atom. The van der Waals surface area contributed by atoms with Gasteiger partial charge in [0.2, 0.25) is 0 Å². The minimum absolute atomic E-state index is 0.116. The summed E-state index contributed by atoms with van der Waals surface area (Å²) in [5.74, 6) is -2.40. The maximum absolute atomic E-state index is 13.6. The van der Waals surface area contributed by atoms with E-state index >= 15 is 0 Å². The molecule has 2 rings (SSSR count). The van der Waals surface area contributed by atoms with Gasteiger partial charge in [-0.1, -0.05) is 11.2 Å². The third-order valence-electron chi connectivity index (χ3n) is 3.49. The number of piperidine rings is 1. The molecule has 0 bridgehead atoms. The SMILES string of the molecule is NC(=NO)C1CCN(C(=O)c2c(F)cccc2F)CC1. The van der Waals surface area contributed by atoms with E-state index in [1.807, 2.05) is 0 Å². The molecule has 1 fully saturated rings. The van der Waals surface area contributed by atoms with E-state index in [9.17, 15) is 13.6 Å². The summed E-state index contributed by atoms with van der Waals surface area (Å²) in [6.45, 7) is 0.626. The Morgan fingerprint density at radius 1 is 1.30 bits per heavy atom. The van der Waals surface area contributed by atoms with Crippen LogP contribution in [-0.2, 0) is 0 Å². The van der Waals surface area contributed by atoms with Gasteiger partial charge in [0, 0.05) is 19.0 Å². The van der Waals surface area contributed by atoms with Crippen LogP contribution in [0.15, 0.2) is 23.4 Å². The number of amides is 1. The molecule has 1 amide bonds. The number of rotatable bonds is 2. The lowest BCUT2D eigenvalue weighted by atomic mass is 9.95. The largest absolute Gasteiger partial charge is 0.409 e. The molecule has 0 aliphatic carbocycles. The molecule has 1 aliphatic heterocycles. The molecule has 20 heavy (non-hydrogen) atoms. The monoisotopic (exact) mass is 283 g/mol. The van der Waals surface area contributed by atoms with Crippen molar-refractivity contribution >= 4 is 11.7 Å². The maximum Gasteiger partial charge on any atom is 0.259 e. The van der Waals surface area contributed by atoms with Gasteiger partial charge in [-0.2, -0.15) is 0 Å². The van der Waals surface area contributed by atoms with Crippen molar-refractivity contribution in [2.75, 3.05) is 13.1 Å². The summed E-state index contributed by atoms with van der Waals surface area (Å²) in [5, 5.41) is 11.5. The molecule has 1 saturated heterocycles. The van der Waals surface area contributed by atoms with Crippen LogP contribution in [0.1, 0.15) is 23.2 Å². The van der Waals surface area contributed by atoms with Crippen molar-refractivity contribution in [1.82, 2.24) is 4.90 Å². The van der Waals surface area contributed by atoms with Gasteiger partial charge in [0.1, 0.15) is 23.0 Å². The van der Waals surface area contributed by atoms with E-state index in [1.54, 1.807) is 0 Å². The number of halogens is 2. The fraction of sp³-hybridized carbons (Fsp3) is 0.385. The number of likely N-dealkylation sites (tertiary alicyclic amines) is 1. The molecule has 0 spiro atoms. The molecule has 1 aromatic carbocycles. The highest BCUT2D eigenvalue weighted by Gasteiger charge is 2.28. The predicted molar refractivity (Wildman–Crippen MR) is 68.4 cm³/mol. The zero-order valence-corrected chi connectivity index (χ0v) is 10.7. The van der Waals surface area contributed by atoms with Crippen molar-refractivity contribution in [3.63, 3.8) is 0 Å². The Kier molecular flexibility index (Phi) is 4.16. The van der Waals surface area contributed by atoms with Gasteiger partial charge >= 0.3 is 0 Å². The minimum atomic E-state index is -0.867. The Labute approximate surface area is 114 Å². The summed E-state index contributed by atoms with van der Waals surface area (Å²) in [6, 6.07) is 3.32. The maximum atomic E-state index is 13.6. The first-order valence-electron chi connectivity index (χ1n) is 6.25. The first-order valence-corrected chi connectivity index (χ1v) is 6.25. The van der Waals surface area contributed by atoms with Gasteiger partial charge in [0.15, 0.2) is 0 Å². The molecule has 1 aliphatic rings. The highest BCUT2D eigenvalue weighted by molar-refractivity contribution is 5.95. The molecular weight excluding hydrogens is 268 g/mol. The zero-order chi connectivity index (χ0) is 14.7. The highest BCUT2D eigenvalue weighted by atomic mass is 19.1. The summed E-state index contributed by atoms with van der Waals surface area (Å²) in [6.07, 6.45) is 0.995. The fourth-order valence-electron chi connectivity index (χ4n) is 2.32. The van der Waals surface area contributed by atoms with E-state index in [0.717, 1.165) is 12.1 Å². The number of benzene rings is 1. The molecular formula is C13H15F2N3O2. The third kappa shape index (κ3) is 2.71. The van der Waals surface area contributed by atoms with Crippen molar-refractivity contribution in [1.29, 1.82) is 0 Å². The molecule has 108 valence electrons. The lowest BCUT2D eigenvalue weighted by Crippen LogP contribution is -2.42. The zero-order valence-electron chi connectivity index (χ0n) is 10.7. The quantitative estimate of drug-likeness (QED) is 0.374. The van der Waals surface area contributed by atoms with Crippen molar-refractivity contribution in [2.45, 2.75) is 12.8 Å². The van der Waals surface area contributed by atoms with Gasteiger partial charge in [-0.3, -0.25) is 4.79 Å². The smallest absolute Gasteiger partial charge is 0.259 e. The van der Waals surface area contributed by atoms with Crippen LogP contribution >= 0.6 is 0 Å². The van der Waals surface area contributed by atoms with Gasteiger partial charge in [0.05, 0.1) is 0 Å². The highest BCUT2D eigenvalue weighted by Crippen LogP contribution is 2.21. The summed E-state index contributed by atoms with van der Waals surface area (Å²) >= 11 is 0. The molecule has 0 unspecified atom stereocenters. The van der Waals surface area contributed by atoms with Crippen LogP contribution in [0.4, 0.5) is 8.78 Å². The summed E-state index contributed by atoms with van der Waals surface area (Å²) in [7, 11) is 0. The van der Waals surface area contributed by atoms with E-state index in [1.165, 1.54) is 11.0 Å². The Balaban J connectivity index is 2.09.